The second kappa shape index (κ2) is 13.7. The first-order chi connectivity index (χ1) is 20.9. The van der Waals surface area contributed by atoms with Gasteiger partial charge in [0.1, 0.15) is 0 Å². The van der Waals surface area contributed by atoms with Gasteiger partial charge in [-0.05, 0) is 52.9 Å². The van der Waals surface area contributed by atoms with Crippen molar-refractivity contribution in [3.63, 3.8) is 0 Å². The van der Waals surface area contributed by atoms with E-state index >= 15 is 0 Å². The summed E-state index contributed by atoms with van der Waals surface area (Å²) in [4.78, 5) is 30.6. The minimum Gasteiger partial charge on any atom is -0.394 e. The predicted octanol–water partition coefficient (Wildman–Crippen LogP) is 6.54. The molecule has 43 heavy (non-hydrogen) atoms. The monoisotopic (exact) mass is 577 g/mol. The van der Waals surface area contributed by atoms with Crippen LogP contribution in [0.2, 0.25) is 0 Å². The van der Waals surface area contributed by atoms with Crippen molar-refractivity contribution in [2.45, 2.75) is 32.6 Å². The Balaban J connectivity index is 1.36. The Morgan fingerprint density at radius 1 is 0.907 bits per heavy atom. The number of rotatable bonds is 6. The smallest absolute Gasteiger partial charge is 0.321 e. The zero-order chi connectivity index (χ0) is 30.3. The van der Waals surface area contributed by atoms with E-state index in [1.807, 2.05) is 105 Å². The standard InChI is InChI=1S/C36H39N3O4/c1-25-21-39(26(2)23-40)35(41)33-16-10-9-15-32(33)31-14-8-7-13-29(31)24-43-34(25)22-38(3)36(42)37-30-19-17-28(18-20-30)27-11-5-4-6-12-27/h4-20,25-26,34,40H,21-24H2,1-3H3,(H,37,42)/t25-,26-,34-/m0/s1. The Morgan fingerprint density at radius 2 is 1.51 bits per heavy atom. The average Bonchev–Trinajstić information content (AvgIpc) is 3.06. The van der Waals surface area contributed by atoms with Crippen LogP contribution in [0.1, 0.15) is 29.8 Å². The molecule has 2 N–H and O–H groups in total. The number of hydrogen-bond acceptors (Lipinski definition) is 4. The second-order valence-corrected chi connectivity index (χ2v) is 11.3. The molecule has 4 aromatic rings. The van der Waals surface area contributed by atoms with E-state index in [0.29, 0.717) is 30.9 Å². The van der Waals surface area contributed by atoms with Crippen molar-refractivity contribution in [3.05, 3.63) is 114 Å². The molecule has 0 bridgehead atoms. The van der Waals surface area contributed by atoms with Gasteiger partial charge >= 0.3 is 6.03 Å². The molecule has 7 nitrogen and oxygen atoms in total. The number of nitrogens with zero attached hydrogens (tertiary/aromatic N) is 2. The number of carbonyl (C=O) groups excluding carboxylic acids is 2. The number of urea groups is 1. The van der Waals surface area contributed by atoms with Crippen molar-refractivity contribution in [2.24, 2.45) is 5.92 Å². The van der Waals surface area contributed by atoms with Crippen LogP contribution < -0.4 is 5.32 Å². The van der Waals surface area contributed by atoms with Crippen LogP contribution in [0.4, 0.5) is 10.5 Å². The highest BCUT2D eigenvalue weighted by Gasteiger charge is 2.31. The van der Waals surface area contributed by atoms with Gasteiger partial charge in [0.05, 0.1) is 25.4 Å². The van der Waals surface area contributed by atoms with E-state index in [1.54, 1.807) is 16.8 Å². The molecule has 3 amide bonds. The third kappa shape index (κ3) is 6.96. The van der Waals surface area contributed by atoms with Crippen LogP contribution in [0.25, 0.3) is 22.3 Å². The van der Waals surface area contributed by atoms with Crippen LogP contribution in [0, 0.1) is 5.92 Å². The first-order valence-electron chi connectivity index (χ1n) is 14.7. The van der Waals surface area contributed by atoms with Gasteiger partial charge in [0.25, 0.3) is 5.91 Å². The molecule has 0 aliphatic carbocycles. The highest BCUT2D eigenvalue weighted by molar-refractivity contribution is 6.01. The molecule has 0 fully saturated rings. The molecule has 3 atom stereocenters. The Hall–Kier alpha value is -4.46. The molecular formula is C36H39N3O4. The summed E-state index contributed by atoms with van der Waals surface area (Å²) in [7, 11) is 1.75. The van der Waals surface area contributed by atoms with Crippen LogP contribution in [0.5, 0.6) is 0 Å². The van der Waals surface area contributed by atoms with Crippen molar-refractivity contribution in [2.75, 3.05) is 32.1 Å². The van der Waals surface area contributed by atoms with Crippen molar-refractivity contribution >= 4 is 17.6 Å². The number of aliphatic hydroxyl groups is 1. The molecule has 1 aliphatic heterocycles. The van der Waals surface area contributed by atoms with E-state index in [9.17, 15) is 14.7 Å². The summed E-state index contributed by atoms with van der Waals surface area (Å²) in [5.41, 5.74) is 6.22. The molecular weight excluding hydrogens is 538 g/mol. The minimum atomic E-state index is -0.389. The van der Waals surface area contributed by atoms with Crippen molar-refractivity contribution in [1.82, 2.24) is 9.80 Å². The molecule has 0 saturated heterocycles. The molecule has 1 heterocycles. The fourth-order valence-corrected chi connectivity index (χ4v) is 5.50. The van der Waals surface area contributed by atoms with Gasteiger partial charge in [0, 0.05) is 37.3 Å². The third-order valence-corrected chi connectivity index (χ3v) is 8.14. The summed E-state index contributed by atoms with van der Waals surface area (Å²) in [5, 5.41) is 13.0. The van der Waals surface area contributed by atoms with Crippen LogP contribution in [0.3, 0.4) is 0 Å². The van der Waals surface area contributed by atoms with E-state index in [1.165, 1.54) is 0 Å². The number of fused-ring (bicyclic) bond motifs is 3. The lowest BCUT2D eigenvalue weighted by Gasteiger charge is -2.35. The molecule has 1 aliphatic rings. The van der Waals surface area contributed by atoms with Gasteiger partial charge < -0.3 is 25.0 Å². The fraction of sp³-hybridized carbons (Fsp3) is 0.278. The molecule has 5 rings (SSSR count). The first kappa shape index (κ1) is 30.0. The van der Waals surface area contributed by atoms with Crippen molar-refractivity contribution in [3.8, 4) is 22.3 Å². The van der Waals surface area contributed by atoms with Gasteiger partial charge in [-0.3, -0.25) is 4.79 Å². The predicted molar refractivity (Wildman–Crippen MR) is 171 cm³/mol. The Bertz CT molecular complexity index is 1540. The fourth-order valence-electron chi connectivity index (χ4n) is 5.50. The van der Waals surface area contributed by atoms with Gasteiger partial charge in [-0.25, -0.2) is 4.79 Å². The molecule has 0 unspecified atom stereocenters. The molecule has 4 aromatic carbocycles. The average molecular weight is 578 g/mol. The lowest BCUT2D eigenvalue weighted by atomic mass is 9.94. The third-order valence-electron chi connectivity index (χ3n) is 8.14. The topological polar surface area (TPSA) is 82.1 Å². The van der Waals surface area contributed by atoms with Gasteiger partial charge in [-0.2, -0.15) is 0 Å². The molecule has 7 heteroatoms. The minimum absolute atomic E-state index is 0.129. The number of nitrogens with one attached hydrogen (secondary N) is 1. The molecule has 0 saturated carbocycles. The number of aliphatic hydroxyl groups excluding tert-OH is 1. The van der Waals surface area contributed by atoms with Crippen molar-refractivity contribution < 1.29 is 19.4 Å². The number of ether oxygens (including phenoxy) is 1. The van der Waals surface area contributed by atoms with E-state index in [0.717, 1.165) is 27.8 Å². The van der Waals surface area contributed by atoms with Crippen LogP contribution in [0.15, 0.2) is 103 Å². The number of benzene rings is 4. The van der Waals surface area contributed by atoms with Crippen LogP contribution in [-0.4, -0.2) is 65.7 Å². The highest BCUT2D eigenvalue weighted by Crippen LogP contribution is 2.31. The van der Waals surface area contributed by atoms with E-state index in [-0.39, 0.29) is 36.6 Å². The Kier molecular flexibility index (Phi) is 9.55. The quantitative estimate of drug-likeness (QED) is 0.273. The SMILES string of the molecule is C[C@H]1CN([C@@H](C)CO)C(=O)c2ccccc2-c2ccccc2CO[C@H]1CN(C)C(=O)Nc1ccc(-c2ccccc2)cc1. The van der Waals surface area contributed by atoms with E-state index in [2.05, 4.69) is 17.4 Å². The molecule has 0 spiro atoms. The Morgan fingerprint density at radius 3 is 2.21 bits per heavy atom. The highest BCUT2D eigenvalue weighted by atomic mass is 16.5. The summed E-state index contributed by atoms with van der Waals surface area (Å²) in [6, 6.07) is 32.8. The number of anilines is 1. The summed E-state index contributed by atoms with van der Waals surface area (Å²) >= 11 is 0. The zero-order valence-corrected chi connectivity index (χ0v) is 24.9. The maximum absolute atomic E-state index is 14.0. The lowest BCUT2D eigenvalue weighted by Crippen LogP contribution is -2.48. The van der Waals surface area contributed by atoms with E-state index in [4.69, 9.17) is 4.74 Å². The zero-order valence-electron chi connectivity index (χ0n) is 24.9. The number of carbonyl (C=O) groups is 2. The van der Waals surface area contributed by atoms with Gasteiger partial charge in [-0.15, -0.1) is 0 Å². The van der Waals surface area contributed by atoms with Gasteiger partial charge in [-0.1, -0.05) is 91.9 Å². The molecule has 0 aromatic heterocycles. The van der Waals surface area contributed by atoms with Crippen LogP contribution in [-0.2, 0) is 11.3 Å². The lowest BCUT2D eigenvalue weighted by molar-refractivity contribution is -0.0178. The maximum atomic E-state index is 14.0. The van der Waals surface area contributed by atoms with Crippen LogP contribution >= 0.6 is 0 Å². The largest absolute Gasteiger partial charge is 0.394 e. The maximum Gasteiger partial charge on any atom is 0.321 e. The molecule has 222 valence electrons. The second-order valence-electron chi connectivity index (χ2n) is 11.3. The summed E-state index contributed by atoms with van der Waals surface area (Å²) in [6.07, 6.45) is -0.369. The van der Waals surface area contributed by atoms with Crippen molar-refractivity contribution in [1.29, 1.82) is 0 Å². The number of hydrogen-bond donors (Lipinski definition) is 2. The Labute approximate surface area is 253 Å². The normalized spacial score (nSPS) is 17.7. The first-order valence-corrected chi connectivity index (χ1v) is 14.7. The number of amides is 3. The number of likely N-dealkylation sites (N-methyl/N-ethyl adjacent to an activating group) is 1. The van der Waals surface area contributed by atoms with E-state index < -0.39 is 0 Å². The summed E-state index contributed by atoms with van der Waals surface area (Å²) < 4.78 is 6.54. The summed E-state index contributed by atoms with van der Waals surface area (Å²) in [5.74, 6) is -0.264. The summed E-state index contributed by atoms with van der Waals surface area (Å²) in [6.45, 7) is 4.73. The molecule has 0 radical (unpaired) electrons. The van der Waals surface area contributed by atoms with Gasteiger partial charge in [0.2, 0.25) is 0 Å². The van der Waals surface area contributed by atoms with Gasteiger partial charge in [0.15, 0.2) is 0 Å².